The zero-order chi connectivity index (χ0) is 16.6. The quantitative estimate of drug-likeness (QED) is 0.439. The van der Waals surface area contributed by atoms with Crippen LogP contribution in [-0.2, 0) is 10.1 Å². The normalized spacial score (nSPS) is 11.6. The van der Waals surface area contributed by atoms with Gasteiger partial charge in [-0.15, -0.1) is 0 Å². The van der Waals surface area contributed by atoms with Gasteiger partial charge in [0.2, 0.25) is 0 Å². The van der Waals surface area contributed by atoms with Gasteiger partial charge in [0.1, 0.15) is 10.4 Å². The first-order valence-corrected chi connectivity index (χ1v) is 10.1. The fourth-order valence-corrected chi connectivity index (χ4v) is 4.66. The molecule has 3 rings (SSSR count). The minimum atomic E-state index is -3.96. The summed E-state index contributed by atoms with van der Waals surface area (Å²) < 4.78 is 32.4. The van der Waals surface area contributed by atoms with Crippen LogP contribution >= 0.6 is 47.8 Å². The van der Waals surface area contributed by atoms with Crippen molar-refractivity contribution in [3.63, 3.8) is 0 Å². The summed E-state index contributed by atoms with van der Waals surface area (Å²) >= 11 is 10.0. The Hall–Kier alpha value is -0.960. The number of pyridine rings is 1. The van der Waals surface area contributed by atoms with Gasteiger partial charge in [-0.2, -0.15) is 8.42 Å². The second-order valence-electron chi connectivity index (χ2n) is 4.56. The summed E-state index contributed by atoms with van der Waals surface area (Å²) in [6.45, 7) is 0. The van der Waals surface area contributed by atoms with Crippen LogP contribution in [0.25, 0.3) is 10.9 Å². The highest BCUT2D eigenvalue weighted by Crippen LogP contribution is 2.38. The fraction of sp³-hybridized carbons (Fsp3) is 0. The average molecular weight is 522 g/mol. The van der Waals surface area contributed by atoms with E-state index in [1.165, 1.54) is 12.1 Å². The van der Waals surface area contributed by atoms with Crippen LogP contribution in [0.5, 0.6) is 5.75 Å². The zero-order valence-electron chi connectivity index (χ0n) is 11.3. The number of hydrogen-bond acceptors (Lipinski definition) is 4. The molecule has 0 spiro atoms. The molecule has 0 unspecified atom stereocenters. The highest BCUT2D eigenvalue weighted by atomic mass is 79.9. The molecule has 0 saturated carbocycles. The Balaban J connectivity index is 2.13. The largest absolute Gasteiger partial charge is 0.375 e. The van der Waals surface area contributed by atoms with Crippen molar-refractivity contribution in [3.05, 3.63) is 62.1 Å². The van der Waals surface area contributed by atoms with Crippen molar-refractivity contribution in [1.82, 2.24) is 4.98 Å². The van der Waals surface area contributed by atoms with Gasteiger partial charge in [0, 0.05) is 20.5 Å². The maximum atomic E-state index is 12.5. The van der Waals surface area contributed by atoms with Crippen LogP contribution in [0.2, 0.25) is 0 Å². The van der Waals surface area contributed by atoms with E-state index >= 15 is 0 Å². The summed E-state index contributed by atoms with van der Waals surface area (Å²) in [6.07, 6.45) is 1.58. The molecular formula is C15H8Br3NO3S. The Bertz CT molecular complexity index is 989. The molecule has 2 aromatic carbocycles. The molecule has 0 fully saturated rings. The van der Waals surface area contributed by atoms with Gasteiger partial charge in [0.15, 0.2) is 5.75 Å². The third-order valence-electron chi connectivity index (χ3n) is 3.05. The van der Waals surface area contributed by atoms with E-state index in [0.29, 0.717) is 9.99 Å². The Labute approximate surface area is 158 Å². The van der Waals surface area contributed by atoms with Crippen LogP contribution in [0, 0.1) is 0 Å². The molecule has 0 aliphatic heterocycles. The molecule has 0 radical (unpaired) electrons. The third-order valence-corrected chi connectivity index (χ3v) is 6.06. The summed E-state index contributed by atoms with van der Waals surface area (Å²) in [7, 11) is -3.96. The van der Waals surface area contributed by atoms with Gasteiger partial charge in [-0.3, -0.25) is 4.98 Å². The molecule has 4 nitrogen and oxygen atoms in total. The molecule has 0 bridgehead atoms. The summed E-state index contributed by atoms with van der Waals surface area (Å²) in [5.41, 5.74) is 0.453. The van der Waals surface area contributed by atoms with Crippen LogP contribution in [0.1, 0.15) is 0 Å². The van der Waals surface area contributed by atoms with Gasteiger partial charge < -0.3 is 4.18 Å². The van der Waals surface area contributed by atoms with Crippen molar-refractivity contribution < 1.29 is 12.6 Å². The van der Waals surface area contributed by atoms with Gasteiger partial charge in [0.25, 0.3) is 0 Å². The van der Waals surface area contributed by atoms with E-state index in [0.717, 1.165) is 14.3 Å². The SMILES string of the molecule is O=S(=O)(Oc1c(Br)cc(Br)c2cccnc12)c1ccc(Br)cc1. The lowest BCUT2D eigenvalue weighted by atomic mass is 10.2. The number of rotatable bonds is 3. The molecule has 1 heterocycles. The molecule has 0 aliphatic rings. The first-order chi connectivity index (χ1) is 10.9. The first-order valence-electron chi connectivity index (χ1n) is 6.31. The number of nitrogens with zero attached hydrogens (tertiary/aromatic N) is 1. The number of aromatic nitrogens is 1. The molecule has 8 heteroatoms. The lowest BCUT2D eigenvalue weighted by Crippen LogP contribution is -2.10. The van der Waals surface area contributed by atoms with Crippen LogP contribution in [0.3, 0.4) is 0 Å². The minimum absolute atomic E-state index is 0.0691. The lowest BCUT2D eigenvalue weighted by Gasteiger charge is -2.12. The predicted octanol–water partition coefficient (Wildman–Crippen LogP) is 5.29. The smallest absolute Gasteiger partial charge is 0.339 e. The fourth-order valence-electron chi connectivity index (χ4n) is 1.98. The second-order valence-corrected chi connectivity index (χ2v) is 8.73. The van der Waals surface area contributed by atoms with E-state index in [-0.39, 0.29) is 10.6 Å². The monoisotopic (exact) mass is 519 g/mol. The van der Waals surface area contributed by atoms with E-state index in [4.69, 9.17) is 4.18 Å². The Kier molecular flexibility index (Phi) is 4.78. The molecule has 23 heavy (non-hydrogen) atoms. The van der Waals surface area contributed by atoms with Crippen LogP contribution in [0.4, 0.5) is 0 Å². The van der Waals surface area contributed by atoms with Gasteiger partial charge in [-0.1, -0.05) is 37.9 Å². The standard InChI is InChI=1S/C15H8Br3NO3S/c16-9-3-5-10(6-4-9)23(20,21)22-15-13(18)8-12(17)11-2-1-7-19-14(11)15/h1-8H. The van der Waals surface area contributed by atoms with E-state index in [1.54, 1.807) is 30.5 Å². The molecule has 0 atom stereocenters. The Morgan fingerprint density at radius 3 is 2.35 bits per heavy atom. The number of fused-ring (bicyclic) bond motifs is 1. The van der Waals surface area contributed by atoms with Crippen molar-refractivity contribution in [2.24, 2.45) is 0 Å². The summed E-state index contributed by atoms with van der Waals surface area (Å²) in [5, 5.41) is 0.761. The average Bonchev–Trinajstić information content (AvgIpc) is 2.52. The zero-order valence-corrected chi connectivity index (χ0v) is 16.9. The molecule has 3 aromatic rings. The van der Waals surface area contributed by atoms with E-state index in [1.807, 2.05) is 6.07 Å². The van der Waals surface area contributed by atoms with E-state index in [2.05, 4.69) is 52.8 Å². The predicted molar refractivity (Wildman–Crippen MR) is 99.1 cm³/mol. The molecule has 0 aliphatic carbocycles. The minimum Gasteiger partial charge on any atom is -0.375 e. The van der Waals surface area contributed by atoms with Crippen molar-refractivity contribution in [1.29, 1.82) is 0 Å². The van der Waals surface area contributed by atoms with Crippen molar-refractivity contribution >= 4 is 68.8 Å². The molecule has 1 aromatic heterocycles. The van der Waals surface area contributed by atoms with Gasteiger partial charge in [0.05, 0.1) is 4.47 Å². The summed E-state index contributed by atoms with van der Waals surface area (Å²) in [5.74, 6) is 0.159. The van der Waals surface area contributed by atoms with Crippen LogP contribution in [0.15, 0.2) is 67.0 Å². The van der Waals surface area contributed by atoms with Crippen molar-refractivity contribution in [2.45, 2.75) is 4.90 Å². The maximum Gasteiger partial charge on any atom is 0.339 e. The van der Waals surface area contributed by atoms with Gasteiger partial charge in [-0.25, -0.2) is 0 Å². The Morgan fingerprint density at radius 2 is 1.65 bits per heavy atom. The molecule has 0 N–H and O–H groups in total. The third kappa shape index (κ3) is 3.45. The second kappa shape index (κ2) is 6.51. The highest BCUT2D eigenvalue weighted by Gasteiger charge is 2.21. The molecule has 0 saturated heterocycles. The number of halogens is 3. The topological polar surface area (TPSA) is 56.3 Å². The van der Waals surface area contributed by atoms with E-state index < -0.39 is 10.1 Å². The lowest BCUT2D eigenvalue weighted by molar-refractivity contribution is 0.486. The van der Waals surface area contributed by atoms with Gasteiger partial charge in [-0.05, 0) is 52.3 Å². The van der Waals surface area contributed by atoms with Gasteiger partial charge >= 0.3 is 10.1 Å². The Morgan fingerprint density at radius 1 is 0.957 bits per heavy atom. The summed E-state index contributed by atoms with van der Waals surface area (Å²) in [6, 6.07) is 11.6. The number of benzene rings is 2. The van der Waals surface area contributed by atoms with Crippen molar-refractivity contribution in [2.75, 3.05) is 0 Å². The first kappa shape index (κ1) is 16.9. The molecule has 0 amide bonds. The van der Waals surface area contributed by atoms with Crippen LogP contribution < -0.4 is 4.18 Å². The maximum absolute atomic E-state index is 12.5. The van der Waals surface area contributed by atoms with Crippen molar-refractivity contribution in [3.8, 4) is 5.75 Å². The van der Waals surface area contributed by atoms with Crippen LogP contribution in [-0.4, -0.2) is 13.4 Å². The molecule has 118 valence electrons. The summed E-state index contributed by atoms with van der Waals surface area (Å²) in [4.78, 5) is 4.31. The highest BCUT2D eigenvalue weighted by molar-refractivity contribution is 9.11. The van der Waals surface area contributed by atoms with E-state index in [9.17, 15) is 8.42 Å². The number of hydrogen-bond donors (Lipinski definition) is 0. The molecular weight excluding hydrogens is 514 g/mol.